The van der Waals surface area contributed by atoms with Gasteiger partial charge >= 0.3 is 0 Å². The van der Waals surface area contributed by atoms with Crippen molar-refractivity contribution in [3.8, 4) is 5.75 Å². The highest BCUT2D eigenvalue weighted by Crippen LogP contribution is 2.11. The minimum Gasteiger partial charge on any atom is -0.508 e. The van der Waals surface area contributed by atoms with Crippen molar-refractivity contribution >= 4 is 22.8 Å². The number of carbonyl (C=O) groups excluding carboxylic acids is 1. The van der Waals surface area contributed by atoms with Gasteiger partial charge < -0.3 is 9.84 Å². The van der Waals surface area contributed by atoms with Gasteiger partial charge in [0.15, 0.2) is 5.78 Å². The molecule has 1 aliphatic heterocycles. The standard InChI is InChI=1S/C12H15NO3.BrH/c14-11-3-1-10(2-4-11)12(15)9-13-5-7-16-8-6-13;/h1-4,14H,5-9H2;1H. The first kappa shape index (κ1) is 14.2. The number of hydrogen-bond acceptors (Lipinski definition) is 4. The van der Waals surface area contributed by atoms with Crippen molar-refractivity contribution in [2.45, 2.75) is 0 Å². The third-order valence-corrected chi connectivity index (χ3v) is 2.66. The van der Waals surface area contributed by atoms with Crippen molar-refractivity contribution < 1.29 is 14.6 Å². The van der Waals surface area contributed by atoms with Crippen LogP contribution in [0.4, 0.5) is 0 Å². The van der Waals surface area contributed by atoms with Crippen LogP contribution >= 0.6 is 17.0 Å². The summed E-state index contributed by atoms with van der Waals surface area (Å²) in [4.78, 5) is 13.9. The molecule has 94 valence electrons. The molecule has 1 heterocycles. The van der Waals surface area contributed by atoms with Gasteiger partial charge in [-0.15, -0.1) is 17.0 Å². The molecule has 0 aromatic heterocycles. The summed E-state index contributed by atoms with van der Waals surface area (Å²) in [6.07, 6.45) is 0. The molecule has 1 saturated heterocycles. The van der Waals surface area contributed by atoms with E-state index in [1.54, 1.807) is 12.1 Å². The van der Waals surface area contributed by atoms with Gasteiger partial charge in [-0.05, 0) is 24.3 Å². The summed E-state index contributed by atoms with van der Waals surface area (Å²) >= 11 is 0. The molecule has 0 atom stereocenters. The first-order chi connectivity index (χ1) is 7.75. The second-order valence-corrected chi connectivity index (χ2v) is 3.86. The van der Waals surface area contributed by atoms with Crippen LogP contribution in [-0.2, 0) is 4.74 Å². The molecule has 0 unspecified atom stereocenters. The van der Waals surface area contributed by atoms with Gasteiger partial charge in [-0.3, -0.25) is 9.69 Å². The zero-order chi connectivity index (χ0) is 11.4. The highest BCUT2D eigenvalue weighted by molar-refractivity contribution is 8.93. The van der Waals surface area contributed by atoms with Crippen LogP contribution < -0.4 is 0 Å². The molecule has 5 heteroatoms. The maximum Gasteiger partial charge on any atom is 0.176 e. The molecule has 1 fully saturated rings. The average Bonchev–Trinajstić information content (AvgIpc) is 2.31. The van der Waals surface area contributed by atoms with Crippen LogP contribution in [0.15, 0.2) is 24.3 Å². The maximum absolute atomic E-state index is 11.9. The molecule has 1 N–H and O–H groups in total. The van der Waals surface area contributed by atoms with Crippen LogP contribution in [0.3, 0.4) is 0 Å². The number of Topliss-reactive ketones (excluding diaryl/α,β-unsaturated/α-hetero) is 1. The van der Waals surface area contributed by atoms with Crippen molar-refractivity contribution in [1.82, 2.24) is 4.90 Å². The highest BCUT2D eigenvalue weighted by Gasteiger charge is 2.15. The number of benzene rings is 1. The number of phenols is 1. The van der Waals surface area contributed by atoms with Gasteiger partial charge in [0.2, 0.25) is 0 Å². The minimum absolute atomic E-state index is 0. The molecule has 0 saturated carbocycles. The van der Waals surface area contributed by atoms with Gasteiger partial charge in [-0.2, -0.15) is 0 Å². The van der Waals surface area contributed by atoms with E-state index in [4.69, 9.17) is 9.84 Å². The lowest BCUT2D eigenvalue weighted by molar-refractivity contribution is 0.0371. The summed E-state index contributed by atoms with van der Waals surface area (Å²) < 4.78 is 5.22. The number of aromatic hydroxyl groups is 1. The summed E-state index contributed by atoms with van der Waals surface area (Å²) in [5, 5.41) is 9.12. The van der Waals surface area contributed by atoms with E-state index in [0.29, 0.717) is 25.3 Å². The van der Waals surface area contributed by atoms with E-state index in [1.165, 1.54) is 12.1 Å². The molecule has 0 spiro atoms. The number of morpholine rings is 1. The van der Waals surface area contributed by atoms with Gasteiger partial charge in [0.25, 0.3) is 0 Å². The molecular formula is C12H16BrNO3. The van der Waals surface area contributed by atoms with Gasteiger partial charge in [0.1, 0.15) is 5.75 Å². The van der Waals surface area contributed by atoms with Crippen molar-refractivity contribution in [3.05, 3.63) is 29.8 Å². The first-order valence-electron chi connectivity index (χ1n) is 5.38. The molecule has 4 nitrogen and oxygen atoms in total. The molecule has 1 aliphatic rings. The zero-order valence-corrected chi connectivity index (χ0v) is 11.2. The van der Waals surface area contributed by atoms with E-state index >= 15 is 0 Å². The Morgan fingerprint density at radius 2 is 1.82 bits per heavy atom. The molecule has 0 aliphatic carbocycles. The third kappa shape index (κ3) is 4.11. The van der Waals surface area contributed by atoms with Crippen LogP contribution in [0, 0.1) is 0 Å². The number of halogens is 1. The quantitative estimate of drug-likeness (QED) is 0.859. The Morgan fingerprint density at radius 1 is 1.24 bits per heavy atom. The van der Waals surface area contributed by atoms with Gasteiger partial charge in [0.05, 0.1) is 19.8 Å². The van der Waals surface area contributed by atoms with E-state index in [2.05, 4.69) is 4.90 Å². The molecule has 1 aromatic carbocycles. The monoisotopic (exact) mass is 301 g/mol. The lowest BCUT2D eigenvalue weighted by atomic mass is 10.1. The number of hydrogen-bond donors (Lipinski definition) is 1. The minimum atomic E-state index is 0. The third-order valence-electron chi connectivity index (χ3n) is 2.66. The molecule has 0 amide bonds. The average molecular weight is 302 g/mol. The Kier molecular flexibility index (Phi) is 5.61. The lowest BCUT2D eigenvalue weighted by Gasteiger charge is -2.25. The van der Waals surface area contributed by atoms with Gasteiger partial charge in [-0.1, -0.05) is 0 Å². The number of ether oxygens (including phenoxy) is 1. The zero-order valence-electron chi connectivity index (χ0n) is 9.46. The molecular weight excluding hydrogens is 286 g/mol. The van der Waals surface area contributed by atoms with E-state index in [0.717, 1.165) is 13.1 Å². The first-order valence-corrected chi connectivity index (χ1v) is 5.38. The number of phenolic OH excluding ortho intramolecular Hbond substituents is 1. The molecule has 17 heavy (non-hydrogen) atoms. The fourth-order valence-corrected chi connectivity index (χ4v) is 1.70. The lowest BCUT2D eigenvalue weighted by Crippen LogP contribution is -2.39. The molecule has 2 rings (SSSR count). The van der Waals surface area contributed by atoms with Gasteiger partial charge in [-0.25, -0.2) is 0 Å². The predicted molar refractivity (Wildman–Crippen MR) is 70.0 cm³/mol. The van der Waals surface area contributed by atoms with E-state index in [9.17, 15) is 4.79 Å². The Bertz CT molecular complexity index is 361. The number of carbonyl (C=O) groups is 1. The topological polar surface area (TPSA) is 49.8 Å². The normalized spacial score (nSPS) is 16.2. The number of nitrogens with zero attached hydrogens (tertiary/aromatic N) is 1. The van der Waals surface area contributed by atoms with Crippen LogP contribution in [0.5, 0.6) is 5.75 Å². The maximum atomic E-state index is 11.9. The largest absolute Gasteiger partial charge is 0.508 e. The summed E-state index contributed by atoms with van der Waals surface area (Å²) in [7, 11) is 0. The Hall–Kier alpha value is -0.910. The predicted octanol–water partition coefficient (Wildman–Crippen LogP) is 1.48. The summed E-state index contributed by atoms with van der Waals surface area (Å²) in [6.45, 7) is 3.44. The van der Waals surface area contributed by atoms with Crippen LogP contribution in [0.25, 0.3) is 0 Å². The van der Waals surface area contributed by atoms with Crippen molar-refractivity contribution in [2.24, 2.45) is 0 Å². The van der Waals surface area contributed by atoms with Crippen LogP contribution in [0.1, 0.15) is 10.4 Å². The second kappa shape index (κ2) is 6.74. The SMILES string of the molecule is Br.O=C(CN1CCOCC1)c1ccc(O)cc1. The second-order valence-electron chi connectivity index (χ2n) is 3.86. The van der Waals surface area contributed by atoms with Gasteiger partial charge in [0, 0.05) is 18.7 Å². The Morgan fingerprint density at radius 3 is 2.41 bits per heavy atom. The van der Waals surface area contributed by atoms with Crippen molar-refractivity contribution in [2.75, 3.05) is 32.8 Å². The van der Waals surface area contributed by atoms with Crippen molar-refractivity contribution in [3.63, 3.8) is 0 Å². The molecule has 0 radical (unpaired) electrons. The smallest absolute Gasteiger partial charge is 0.176 e. The van der Waals surface area contributed by atoms with Crippen LogP contribution in [-0.4, -0.2) is 48.6 Å². The Balaban J connectivity index is 0.00000144. The number of ketones is 1. The summed E-state index contributed by atoms with van der Waals surface area (Å²) in [5.41, 5.74) is 0.643. The molecule has 0 bridgehead atoms. The Labute approximate surface area is 111 Å². The molecule has 1 aromatic rings. The fourth-order valence-electron chi connectivity index (χ4n) is 1.70. The highest BCUT2D eigenvalue weighted by atomic mass is 79.9. The summed E-state index contributed by atoms with van der Waals surface area (Å²) in [6, 6.07) is 6.37. The van der Waals surface area contributed by atoms with E-state index in [1.807, 2.05) is 0 Å². The van der Waals surface area contributed by atoms with Crippen LogP contribution in [0.2, 0.25) is 0 Å². The van der Waals surface area contributed by atoms with E-state index in [-0.39, 0.29) is 28.5 Å². The fraction of sp³-hybridized carbons (Fsp3) is 0.417. The summed E-state index contributed by atoms with van der Waals surface area (Å²) in [5.74, 6) is 0.268. The van der Waals surface area contributed by atoms with Crippen molar-refractivity contribution in [1.29, 1.82) is 0 Å². The number of rotatable bonds is 3. The van der Waals surface area contributed by atoms with E-state index < -0.39 is 0 Å².